The van der Waals surface area contributed by atoms with Crippen molar-refractivity contribution >= 4 is 17.1 Å². The molecular formula is C19H20N2O2. The van der Waals surface area contributed by atoms with Gasteiger partial charge in [-0.05, 0) is 37.1 Å². The first-order chi connectivity index (χ1) is 11.3. The molecule has 4 heteroatoms. The molecular weight excluding hydrogens is 288 g/mol. The maximum Gasteiger partial charge on any atom is 0.166 e. The summed E-state index contributed by atoms with van der Waals surface area (Å²) in [7, 11) is 0. The Morgan fingerprint density at radius 2 is 2.04 bits per heavy atom. The van der Waals surface area contributed by atoms with Gasteiger partial charge in [-0.3, -0.25) is 4.99 Å². The molecule has 0 bridgehead atoms. The summed E-state index contributed by atoms with van der Waals surface area (Å²) in [6, 6.07) is 13.7. The number of benzene rings is 2. The maximum absolute atomic E-state index is 10.1. The Labute approximate surface area is 135 Å². The Balaban J connectivity index is 1.67. The summed E-state index contributed by atoms with van der Waals surface area (Å²) in [6.07, 6.45) is 4.59. The van der Waals surface area contributed by atoms with Crippen LogP contribution in [0.1, 0.15) is 18.1 Å². The first-order valence-electron chi connectivity index (χ1n) is 7.79. The highest BCUT2D eigenvalue weighted by atomic mass is 16.5. The predicted octanol–water partition coefficient (Wildman–Crippen LogP) is 3.93. The third-order valence-electron chi connectivity index (χ3n) is 3.75. The largest absolute Gasteiger partial charge is 0.504 e. The van der Waals surface area contributed by atoms with Gasteiger partial charge in [-0.1, -0.05) is 24.3 Å². The summed E-state index contributed by atoms with van der Waals surface area (Å²) in [6.45, 7) is 3.08. The fourth-order valence-electron chi connectivity index (χ4n) is 2.60. The van der Waals surface area contributed by atoms with Crippen molar-refractivity contribution in [3.63, 3.8) is 0 Å². The van der Waals surface area contributed by atoms with E-state index in [0.29, 0.717) is 24.5 Å². The summed E-state index contributed by atoms with van der Waals surface area (Å²) in [5.74, 6) is 0.637. The van der Waals surface area contributed by atoms with Gasteiger partial charge >= 0.3 is 0 Å². The average molecular weight is 308 g/mol. The van der Waals surface area contributed by atoms with Crippen LogP contribution in [0.5, 0.6) is 11.5 Å². The summed E-state index contributed by atoms with van der Waals surface area (Å²) in [5, 5.41) is 11.4. The van der Waals surface area contributed by atoms with Gasteiger partial charge in [0.1, 0.15) is 0 Å². The molecule has 4 nitrogen and oxygen atoms in total. The molecule has 0 atom stereocenters. The van der Waals surface area contributed by atoms with Crippen molar-refractivity contribution < 1.29 is 9.84 Å². The number of nitrogens with one attached hydrogen (secondary N) is 1. The molecule has 23 heavy (non-hydrogen) atoms. The van der Waals surface area contributed by atoms with Gasteiger partial charge in [0.15, 0.2) is 11.5 Å². The Kier molecular flexibility index (Phi) is 4.62. The van der Waals surface area contributed by atoms with Crippen LogP contribution in [-0.2, 0) is 6.42 Å². The van der Waals surface area contributed by atoms with E-state index in [0.717, 1.165) is 11.9 Å². The molecule has 3 rings (SSSR count). The number of H-pyrrole nitrogens is 1. The van der Waals surface area contributed by atoms with E-state index in [4.69, 9.17) is 4.74 Å². The SMILES string of the molecule is CCOc1cccc(C=NCCc2c[nH]c3ccccc23)c1O. The number of phenols is 1. The molecule has 1 aromatic heterocycles. The van der Waals surface area contributed by atoms with Gasteiger partial charge in [0.25, 0.3) is 0 Å². The van der Waals surface area contributed by atoms with E-state index in [1.165, 1.54) is 10.9 Å². The number of rotatable bonds is 6. The molecule has 2 aromatic carbocycles. The van der Waals surface area contributed by atoms with E-state index in [1.807, 2.05) is 37.4 Å². The van der Waals surface area contributed by atoms with Crippen molar-refractivity contribution in [1.82, 2.24) is 4.98 Å². The van der Waals surface area contributed by atoms with E-state index in [-0.39, 0.29) is 5.75 Å². The Hall–Kier alpha value is -2.75. The highest BCUT2D eigenvalue weighted by molar-refractivity contribution is 5.85. The lowest BCUT2D eigenvalue weighted by Gasteiger charge is -2.07. The Bertz CT molecular complexity index is 821. The van der Waals surface area contributed by atoms with Gasteiger partial charge in [-0.25, -0.2) is 0 Å². The van der Waals surface area contributed by atoms with Crippen LogP contribution < -0.4 is 4.74 Å². The van der Waals surface area contributed by atoms with E-state index < -0.39 is 0 Å². The molecule has 0 saturated heterocycles. The van der Waals surface area contributed by atoms with Gasteiger partial charge in [-0.2, -0.15) is 0 Å². The molecule has 0 aliphatic carbocycles. The van der Waals surface area contributed by atoms with Crippen LogP contribution in [0.15, 0.2) is 53.7 Å². The predicted molar refractivity (Wildman–Crippen MR) is 93.7 cm³/mol. The fraction of sp³-hybridized carbons (Fsp3) is 0.211. The number of aliphatic imine (C=N–C) groups is 1. The highest BCUT2D eigenvalue weighted by Crippen LogP contribution is 2.28. The molecule has 0 fully saturated rings. The minimum Gasteiger partial charge on any atom is -0.504 e. The number of hydrogen-bond donors (Lipinski definition) is 2. The number of fused-ring (bicyclic) bond motifs is 1. The van der Waals surface area contributed by atoms with Crippen LogP contribution in [0.2, 0.25) is 0 Å². The third kappa shape index (κ3) is 3.37. The topological polar surface area (TPSA) is 57.6 Å². The fourth-order valence-corrected chi connectivity index (χ4v) is 2.60. The molecule has 2 N–H and O–H groups in total. The van der Waals surface area contributed by atoms with Crippen LogP contribution in [0.3, 0.4) is 0 Å². The van der Waals surface area contributed by atoms with E-state index in [9.17, 15) is 5.11 Å². The quantitative estimate of drug-likeness (QED) is 0.678. The van der Waals surface area contributed by atoms with Crippen molar-refractivity contribution in [2.24, 2.45) is 4.99 Å². The second-order valence-corrected chi connectivity index (χ2v) is 5.27. The van der Waals surface area contributed by atoms with Crippen molar-refractivity contribution in [2.75, 3.05) is 13.2 Å². The van der Waals surface area contributed by atoms with Crippen molar-refractivity contribution in [2.45, 2.75) is 13.3 Å². The standard InChI is InChI=1S/C19H20N2O2/c1-2-23-18-9-5-6-15(19(18)22)12-20-11-10-14-13-21-17-8-4-3-7-16(14)17/h3-9,12-13,21-22H,2,10-11H2,1H3. The third-order valence-corrected chi connectivity index (χ3v) is 3.75. The second kappa shape index (κ2) is 7.01. The molecule has 0 unspecified atom stereocenters. The summed E-state index contributed by atoms with van der Waals surface area (Å²) < 4.78 is 5.37. The zero-order chi connectivity index (χ0) is 16.1. The van der Waals surface area contributed by atoms with E-state index >= 15 is 0 Å². The maximum atomic E-state index is 10.1. The monoisotopic (exact) mass is 308 g/mol. The first kappa shape index (κ1) is 15.2. The number of aromatic hydroxyl groups is 1. The molecule has 0 spiro atoms. The van der Waals surface area contributed by atoms with Gasteiger partial charge in [0, 0.05) is 35.4 Å². The number of ether oxygens (including phenoxy) is 1. The lowest BCUT2D eigenvalue weighted by atomic mass is 10.1. The lowest BCUT2D eigenvalue weighted by molar-refractivity contribution is 0.318. The zero-order valence-electron chi connectivity index (χ0n) is 13.1. The first-order valence-corrected chi connectivity index (χ1v) is 7.79. The minimum atomic E-state index is 0.144. The number of para-hydroxylation sites is 2. The van der Waals surface area contributed by atoms with Crippen LogP contribution in [0.4, 0.5) is 0 Å². The van der Waals surface area contributed by atoms with Gasteiger partial charge in [0.05, 0.1) is 6.61 Å². The summed E-state index contributed by atoms with van der Waals surface area (Å²) >= 11 is 0. The summed E-state index contributed by atoms with van der Waals surface area (Å²) in [4.78, 5) is 7.70. The van der Waals surface area contributed by atoms with Gasteiger partial charge < -0.3 is 14.8 Å². The number of hydrogen-bond acceptors (Lipinski definition) is 3. The van der Waals surface area contributed by atoms with Crippen LogP contribution in [0, 0.1) is 0 Å². The van der Waals surface area contributed by atoms with E-state index in [1.54, 1.807) is 12.3 Å². The molecule has 1 heterocycles. The van der Waals surface area contributed by atoms with Gasteiger partial charge in [0.2, 0.25) is 0 Å². The second-order valence-electron chi connectivity index (χ2n) is 5.27. The lowest BCUT2D eigenvalue weighted by Crippen LogP contribution is -1.94. The number of aromatic nitrogens is 1. The average Bonchev–Trinajstić information content (AvgIpc) is 2.98. The number of aromatic amines is 1. The molecule has 0 radical (unpaired) electrons. The molecule has 0 aliphatic rings. The molecule has 0 saturated carbocycles. The zero-order valence-corrected chi connectivity index (χ0v) is 13.1. The molecule has 118 valence electrons. The number of nitrogens with zero attached hydrogens (tertiary/aromatic N) is 1. The van der Waals surface area contributed by atoms with Crippen LogP contribution in [-0.4, -0.2) is 29.5 Å². The summed E-state index contributed by atoms with van der Waals surface area (Å²) in [5.41, 5.74) is 3.08. The van der Waals surface area contributed by atoms with Crippen molar-refractivity contribution in [3.8, 4) is 11.5 Å². The smallest absolute Gasteiger partial charge is 0.166 e. The Morgan fingerprint density at radius 1 is 1.17 bits per heavy atom. The highest BCUT2D eigenvalue weighted by Gasteiger charge is 2.05. The van der Waals surface area contributed by atoms with E-state index in [2.05, 4.69) is 22.1 Å². The van der Waals surface area contributed by atoms with Crippen LogP contribution in [0.25, 0.3) is 10.9 Å². The van der Waals surface area contributed by atoms with Crippen molar-refractivity contribution in [1.29, 1.82) is 0 Å². The number of phenolic OH excluding ortho intramolecular Hbond substituents is 1. The van der Waals surface area contributed by atoms with Gasteiger partial charge in [-0.15, -0.1) is 0 Å². The van der Waals surface area contributed by atoms with Crippen molar-refractivity contribution in [3.05, 3.63) is 59.8 Å². The molecule has 0 amide bonds. The Morgan fingerprint density at radius 3 is 2.91 bits per heavy atom. The molecule has 0 aliphatic heterocycles. The normalized spacial score (nSPS) is 11.3. The molecule has 3 aromatic rings. The van der Waals surface area contributed by atoms with Crippen LogP contribution >= 0.6 is 0 Å². The minimum absolute atomic E-state index is 0.144.